The Labute approximate surface area is 188 Å². The number of benzene rings is 3. The summed E-state index contributed by atoms with van der Waals surface area (Å²) in [4.78, 5) is 18.5. The molecule has 31 heavy (non-hydrogen) atoms. The molecule has 0 N–H and O–H groups in total. The van der Waals surface area contributed by atoms with Crippen LogP contribution in [0.1, 0.15) is 0 Å². The van der Waals surface area contributed by atoms with E-state index in [1.54, 1.807) is 6.20 Å². The Morgan fingerprint density at radius 3 is 1.48 bits per heavy atom. The smallest absolute Gasteiger partial charge is 0.164 e. The van der Waals surface area contributed by atoms with Crippen molar-refractivity contribution < 1.29 is 0 Å². The van der Waals surface area contributed by atoms with Crippen molar-refractivity contribution in [2.45, 2.75) is 0 Å². The summed E-state index contributed by atoms with van der Waals surface area (Å²) >= 11 is 3.49. The molecule has 0 saturated carbocycles. The van der Waals surface area contributed by atoms with Gasteiger partial charge in [0.2, 0.25) is 0 Å². The fourth-order valence-electron chi connectivity index (χ4n) is 3.29. The lowest BCUT2D eigenvalue weighted by atomic mass is 10.1. The number of nitrogens with zero attached hydrogens (tertiary/aromatic N) is 4. The van der Waals surface area contributed by atoms with Crippen LogP contribution in [0, 0.1) is 0 Å². The summed E-state index contributed by atoms with van der Waals surface area (Å²) in [5.41, 5.74) is 5.01. The van der Waals surface area contributed by atoms with Crippen LogP contribution in [-0.4, -0.2) is 19.9 Å². The van der Waals surface area contributed by atoms with Gasteiger partial charge < -0.3 is 0 Å². The number of halogens is 1. The normalized spacial score (nSPS) is 10.7. The summed E-state index contributed by atoms with van der Waals surface area (Å²) in [5, 5.41) is 0. The first-order valence-corrected chi connectivity index (χ1v) is 10.6. The summed E-state index contributed by atoms with van der Waals surface area (Å²) in [6.07, 6.45) is 3.63. The third kappa shape index (κ3) is 4.27. The molecule has 3 aromatic carbocycles. The lowest BCUT2D eigenvalue weighted by molar-refractivity contribution is 1.07. The quantitative estimate of drug-likeness (QED) is 0.297. The van der Waals surface area contributed by atoms with Crippen LogP contribution >= 0.6 is 15.9 Å². The molecule has 0 spiro atoms. The molecule has 148 valence electrons. The van der Waals surface area contributed by atoms with E-state index < -0.39 is 0 Å². The molecule has 0 fully saturated rings. The topological polar surface area (TPSA) is 51.6 Å². The molecule has 5 heteroatoms. The molecule has 0 unspecified atom stereocenters. The van der Waals surface area contributed by atoms with Gasteiger partial charge in [-0.3, -0.25) is 4.98 Å². The number of pyridine rings is 1. The van der Waals surface area contributed by atoms with E-state index in [9.17, 15) is 0 Å². The molecule has 2 heterocycles. The second kappa shape index (κ2) is 8.58. The molecule has 0 aliphatic carbocycles. The SMILES string of the molecule is Brc1ccc(-c2nc(-c3ccccc3)nc(-c3ccc(-c4cccnc4)cc3)n2)cc1. The van der Waals surface area contributed by atoms with Gasteiger partial charge in [-0.15, -0.1) is 0 Å². The summed E-state index contributed by atoms with van der Waals surface area (Å²) in [7, 11) is 0. The maximum Gasteiger partial charge on any atom is 0.164 e. The summed E-state index contributed by atoms with van der Waals surface area (Å²) in [5.74, 6) is 1.94. The van der Waals surface area contributed by atoms with Crippen molar-refractivity contribution in [2.24, 2.45) is 0 Å². The minimum absolute atomic E-state index is 0.643. The van der Waals surface area contributed by atoms with E-state index in [0.717, 1.165) is 32.3 Å². The molecule has 5 aromatic rings. The van der Waals surface area contributed by atoms with E-state index in [-0.39, 0.29) is 0 Å². The van der Waals surface area contributed by atoms with Crippen LogP contribution in [0.25, 0.3) is 45.3 Å². The fraction of sp³-hybridized carbons (Fsp3) is 0. The van der Waals surface area contributed by atoms with Crippen LogP contribution in [0.4, 0.5) is 0 Å². The standard InChI is InChI=1S/C26H17BrN4/c27-23-14-12-21(13-15-23)26-30-24(19-5-2-1-3-6-19)29-25(31-26)20-10-8-18(9-11-20)22-7-4-16-28-17-22/h1-17H. The molecular formula is C26H17BrN4. The van der Waals surface area contributed by atoms with Gasteiger partial charge in [-0.05, 0) is 29.3 Å². The van der Waals surface area contributed by atoms with Crippen molar-refractivity contribution in [3.63, 3.8) is 0 Å². The van der Waals surface area contributed by atoms with Gasteiger partial charge in [0.25, 0.3) is 0 Å². The molecule has 0 aliphatic rings. The van der Waals surface area contributed by atoms with Gasteiger partial charge in [-0.2, -0.15) is 0 Å². The second-order valence-corrected chi connectivity index (χ2v) is 7.91. The van der Waals surface area contributed by atoms with E-state index in [2.05, 4.69) is 33.0 Å². The van der Waals surface area contributed by atoms with Crippen LogP contribution in [-0.2, 0) is 0 Å². The van der Waals surface area contributed by atoms with Gasteiger partial charge in [0.1, 0.15) is 0 Å². The third-order valence-electron chi connectivity index (χ3n) is 4.91. The predicted octanol–water partition coefficient (Wildman–Crippen LogP) is 6.70. The third-order valence-corrected chi connectivity index (χ3v) is 5.44. The molecule has 0 aliphatic heterocycles. The molecule has 0 bridgehead atoms. The first kappa shape index (κ1) is 19.3. The number of rotatable bonds is 4. The van der Waals surface area contributed by atoms with Gasteiger partial charge in [-0.25, -0.2) is 15.0 Å². The summed E-state index contributed by atoms with van der Waals surface area (Å²) in [6.45, 7) is 0. The fourth-order valence-corrected chi connectivity index (χ4v) is 3.56. The van der Waals surface area contributed by atoms with Crippen molar-refractivity contribution in [3.05, 3.63) is 108 Å². The highest BCUT2D eigenvalue weighted by Gasteiger charge is 2.12. The van der Waals surface area contributed by atoms with E-state index in [1.165, 1.54) is 0 Å². The van der Waals surface area contributed by atoms with E-state index in [1.807, 2.05) is 85.1 Å². The Bertz CT molecular complexity index is 1300. The average molecular weight is 465 g/mol. The Hall–Kier alpha value is -3.70. The Morgan fingerprint density at radius 2 is 0.935 bits per heavy atom. The largest absolute Gasteiger partial charge is 0.264 e. The molecule has 4 nitrogen and oxygen atoms in total. The van der Waals surface area contributed by atoms with Crippen LogP contribution < -0.4 is 0 Å². The lowest BCUT2D eigenvalue weighted by Crippen LogP contribution is -2.00. The Morgan fingerprint density at radius 1 is 0.452 bits per heavy atom. The summed E-state index contributed by atoms with van der Waals surface area (Å²) in [6, 6.07) is 30.2. The molecular weight excluding hydrogens is 448 g/mol. The maximum absolute atomic E-state index is 4.78. The predicted molar refractivity (Wildman–Crippen MR) is 127 cm³/mol. The van der Waals surface area contributed by atoms with E-state index >= 15 is 0 Å². The minimum atomic E-state index is 0.643. The van der Waals surface area contributed by atoms with Gasteiger partial charge in [-0.1, -0.05) is 88.7 Å². The number of aromatic nitrogens is 4. The molecule has 0 saturated heterocycles. The van der Waals surface area contributed by atoms with Crippen LogP contribution in [0.5, 0.6) is 0 Å². The lowest BCUT2D eigenvalue weighted by Gasteiger charge is -2.09. The zero-order valence-electron chi connectivity index (χ0n) is 16.5. The highest BCUT2D eigenvalue weighted by molar-refractivity contribution is 9.10. The highest BCUT2D eigenvalue weighted by Crippen LogP contribution is 2.27. The summed E-state index contributed by atoms with van der Waals surface area (Å²) < 4.78 is 1.01. The molecule has 0 amide bonds. The van der Waals surface area contributed by atoms with Crippen molar-refractivity contribution in [3.8, 4) is 45.3 Å². The van der Waals surface area contributed by atoms with Crippen LogP contribution in [0.2, 0.25) is 0 Å². The van der Waals surface area contributed by atoms with Crippen molar-refractivity contribution in [1.29, 1.82) is 0 Å². The monoisotopic (exact) mass is 464 g/mol. The second-order valence-electron chi connectivity index (χ2n) is 7.00. The first-order chi connectivity index (χ1) is 15.3. The Kier molecular flexibility index (Phi) is 5.33. The van der Waals surface area contributed by atoms with Gasteiger partial charge >= 0.3 is 0 Å². The first-order valence-electron chi connectivity index (χ1n) is 9.84. The number of hydrogen-bond acceptors (Lipinski definition) is 4. The van der Waals surface area contributed by atoms with Crippen LogP contribution in [0.15, 0.2) is 108 Å². The molecule has 5 rings (SSSR count). The van der Waals surface area contributed by atoms with E-state index in [0.29, 0.717) is 17.5 Å². The molecule has 0 atom stereocenters. The molecule has 0 radical (unpaired) electrons. The van der Waals surface area contributed by atoms with E-state index in [4.69, 9.17) is 15.0 Å². The van der Waals surface area contributed by atoms with Crippen LogP contribution in [0.3, 0.4) is 0 Å². The van der Waals surface area contributed by atoms with Gasteiger partial charge in [0.15, 0.2) is 17.5 Å². The van der Waals surface area contributed by atoms with Crippen molar-refractivity contribution in [1.82, 2.24) is 19.9 Å². The van der Waals surface area contributed by atoms with Crippen molar-refractivity contribution in [2.75, 3.05) is 0 Å². The Balaban J connectivity index is 1.60. The van der Waals surface area contributed by atoms with Gasteiger partial charge in [0.05, 0.1) is 0 Å². The zero-order valence-corrected chi connectivity index (χ0v) is 18.1. The zero-order chi connectivity index (χ0) is 21.0. The average Bonchev–Trinajstić information content (AvgIpc) is 2.85. The minimum Gasteiger partial charge on any atom is -0.264 e. The maximum atomic E-state index is 4.78. The highest BCUT2D eigenvalue weighted by atomic mass is 79.9. The number of hydrogen-bond donors (Lipinski definition) is 0. The molecule has 2 aromatic heterocycles. The van der Waals surface area contributed by atoms with Gasteiger partial charge in [0, 0.05) is 33.6 Å². The van der Waals surface area contributed by atoms with Crippen molar-refractivity contribution >= 4 is 15.9 Å².